The first-order chi connectivity index (χ1) is 16.1. The van der Waals surface area contributed by atoms with E-state index in [9.17, 15) is 4.79 Å². The van der Waals surface area contributed by atoms with Gasteiger partial charge in [-0.25, -0.2) is 0 Å². The van der Waals surface area contributed by atoms with Crippen LogP contribution in [0.4, 0.5) is 0 Å². The lowest BCUT2D eigenvalue weighted by molar-refractivity contribution is 0.0665. The first-order valence-electron chi connectivity index (χ1n) is 11.2. The minimum absolute atomic E-state index is 0.0298. The predicted octanol–water partition coefficient (Wildman–Crippen LogP) is 4.19. The standard InChI is InChI=1S/C25H27N5O3/c1-16-8-10-21-18(12-16)13-19(24-26-27-28-30(21)24)15-29(20-6-4-5-7-20)25(31)17-9-11-22(32-2)23(14-17)33-3/h8-14,20H,4-7,15H2,1-3H3. The summed E-state index contributed by atoms with van der Waals surface area (Å²) in [5.41, 5.74) is 4.29. The molecule has 0 N–H and O–H groups in total. The number of amides is 1. The highest BCUT2D eigenvalue weighted by Gasteiger charge is 2.29. The maximum atomic E-state index is 13.8. The van der Waals surface area contributed by atoms with Crippen LogP contribution < -0.4 is 9.47 Å². The van der Waals surface area contributed by atoms with Gasteiger partial charge < -0.3 is 14.4 Å². The summed E-state index contributed by atoms with van der Waals surface area (Å²) in [6.07, 6.45) is 4.23. The quantitative estimate of drug-likeness (QED) is 0.443. The molecule has 0 radical (unpaired) electrons. The molecule has 0 saturated heterocycles. The summed E-state index contributed by atoms with van der Waals surface area (Å²) in [7, 11) is 3.16. The molecule has 2 heterocycles. The number of carbonyl (C=O) groups excluding carboxylic acids is 1. The number of aromatic nitrogens is 4. The van der Waals surface area contributed by atoms with E-state index in [-0.39, 0.29) is 11.9 Å². The van der Waals surface area contributed by atoms with Crippen molar-refractivity contribution in [2.45, 2.75) is 45.2 Å². The van der Waals surface area contributed by atoms with Crippen LogP contribution in [0.25, 0.3) is 16.6 Å². The van der Waals surface area contributed by atoms with Gasteiger partial charge in [0.2, 0.25) is 0 Å². The van der Waals surface area contributed by atoms with Crippen molar-refractivity contribution in [2.24, 2.45) is 0 Å². The smallest absolute Gasteiger partial charge is 0.254 e. The first kappa shape index (κ1) is 21.2. The third-order valence-electron chi connectivity index (χ3n) is 6.50. The van der Waals surface area contributed by atoms with E-state index in [1.165, 1.54) is 0 Å². The number of aryl methyl sites for hydroxylation is 1. The van der Waals surface area contributed by atoms with Crippen molar-refractivity contribution in [1.82, 2.24) is 24.9 Å². The van der Waals surface area contributed by atoms with Gasteiger partial charge in [-0.15, -0.1) is 5.10 Å². The van der Waals surface area contributed by atoms with Crippen LogP contribution in [0.2, 0.25) is 0 Å². The molecular formula is C25H27N5O3. The number of benzene rings is 2. The fourth-order valence-electron chi connectivity index (χ4n) is 4.80. The molecule has 8 heteroatoms. The fraction of sp³-hybridized carbons (Fsp3) is 0.360. The molecule has 8 nitrogen and oxygen atoms in total. The van der Waals surface area contributed by atoms with E-state index < -0.39 is 0 Å². The zero-order valence-corrected chi connectivity index (χ0v) is 19.1. The second kappa shape index (κ2) is 8.69. The first-order valence-corrected chi connectivity index (χ1v) is 11.2. The Morgan fingerprint density at radius 2 is 1.85 bits per heavy atom. The number of rotatable bonds is 6. The zero-order chi connectivity index (χ0) is 22.9. The van der Waals surface area contributed by atoms with Gasteiger partial charge >= 0.3 is 0 Å². The number of carbonyl (C=O) groups is 1. The third kappa shape index (κ3) is 3.86. The topological polar surface area (TPSA) is 81.9 Å². The number of ether oxygens (including phenoxy) is 2. The second-order valence-corrected chi connectivity index (χ2v) is 8.59. The maximum Gasteiger partial charge on any atom is 0.254 e. The van der Waals surface area contributed by atoms with E-state index in [1.54, 1.807) is 36.9 Å². The number of pyridine rings is 1. The van der Waals surface area contributed by atoms with Crippen LogP contribution in [0.5, 0.6) is 11.5 Å². The Labute approximate surface area is 192 Å². The van der Waals surface area contributed by atoms with Gasteiger partial charge in [-0.2, -0.15) is 4.52 Å². The van der Waals surface area contributed by atoms with Crippen LogP contribution >= 0.6 is 0 Å². The van der Waals surface area contributed by atoms with Gasteiger partial charge in [-0.3, -0.25) is 4.79 Å². The van der Waals surface area contributed by atoms with Crippen molar-refractivity contribution in [3.05, 3.63) is 59.2 Å². The Morgan fingerprint density at radius 3 is 2.61 bits per heavy atom. The molecular weight excluding hydrogens is 418 g/mol. The fourth-order valence-corrected chi connectivity index (χ4v) is 4.80. The molecule has 2 aromatic heterocycles. The van der Waals surface area contributed by atoms with E-state index in [0.29, 0.717) is 29.3 Å². The number of methoxy groups -OCH3 is 2. The number of nitrogens with zero attached hydrogens (tertiary/aromatic N) is 5. The van der Waals surface area contributed by atoms with Crippen LogP contribution in [-0.2, 0) is 6.54 Å². The molecule has 4 aromatic rings. The van der Waals surface area contributed by atoms with E-state index in [2.05, 4.69) is 40.6 Å². The molecule has 1 fully saturated rings. The Balaban J connectivity index is 1.57. The molecule has 1 aliphatic rings. The summed E-state index contributed by atoms with van der Waals surface area (Å²) in [6.45, 7) is 2.50. The lowest BCUT2D eigenvalue weighted by Crippen LogP contribution is -2.38. The largest absolute Gasteiger partial charge is 0.493 e. The summed E-state index contributed by atoms with van der Waals surface area (Å²) in [5.74, 6) is 1.11. The van der Waals surface area contributed by atoms with Crippen molar-refractivity contribution in [2.75, 3.05) is 14.2 Å². The van der Waals surface area contributed by atoms with Gasteiger partial charge in [0.1, 0.15) is 0 Å². The Bertz CT molecular complexity index is 1330. The van der Waals surface area contributed by atoms with Gasteiger partial charge in [0.15, 0.2) is 17.1 Å². The van der Waals surface area contributed by atoms with Crippen LogP contribution in [0.3, 0.4) is 0 Å². The second-order valence-electron chi connectivity index (χ2n) is 8.59. The lowest BCUT2D eigenvalue weighted by atomic mass is 10.1. The molecule has 33 heavy (non-hydrogen) atoms. The molecule has 1 saturated carbocycles. The predicted molar refractivity (Wildman–Crippen MR) is 125 cm³/mol. The van der Waals surface area contributed by atoms with E-state index in [4.69, 9.17) is 9.47 Å². The van der Waals surface area contributed by atoms with Gasteiger partial charge in [-0.05, 0) is 66.6 Å². The molecule has 0 bridgehead atoms. The highest BCUT2D eigenvalue weighted by Crippen LogP contribution is 2.32. The van der Waals surface area contributed by atoms with Gasteiger partial charge in [0, 0.05) is 22.6 Å². The summed E-state index contributed by atoms with van der Waals surface area (Å²) < 4.78 is 12.5. The van der Waals surface area contributed by atoms with E-state index in [1.807, 2.05) is 11.0 Å². The Hall–Kier alpha value is -3.68. The Kier molecular flexibility index (Phi) is 5.58. The molecule has 0 aliphatic heterocycles. The van der Waals surface area contributed by atoms with Gasteiger partial charge in [0.05, 0.1) is 26.3 Å². The third-order valence-corrected chi connectivity index (χ3v) is 6.50. The molecule has 0 unspecified atom stereocenters. The van der Waals surface area contributed by atoms with E-state index >= 15 is 0 Å². The molecule has 170 valence electrons. The van der Waals surface area contributed by atoms with Crippen molar-refractivity contribution in [3.8, 4) is 11.5 Å². The normalized spacial score (nSPS) is 14.2. The number of tetrazole rings is 1. The molecule has 0 spiro atoms. The SMILES string of the molecule is COc1ccc(C(=O)N(Cc2cc3cc(C)ccc3n3nnnc23)C2CCCC2)cc1OC. The van der Waals surface area contributed by atoms with Crippen LogP contribution in [-0.4, -0.2) is 51.1 Å². The monoisotopic (exact) mass is 445 g/mol. The number of hydrogen-bond donors (Lipinski definition) is 0. The average molecular weight is 446 g/mol. The minimum atomic E-state index is -0.0298. The van der Waals surface area contributed by atoms with Gasteiger partial charge in [0.25, 0.3) is 5.91 Å². The minimum Gasteiger partial charge on any atom is -0.493 e. The van der Waals surface area contributed by atoms with Crippen molar-refractivity contribution in [1.29, 1.82) is 0 Å². The number of hydrogen-bond acceptors (Lipinski definition) is 6. The summed E-state index contributed by atoms with van der Waals surface area (Å²) in [6, 6.07) is 13.8. The zero-order valence-electron chi connectivity index (χ0n) is 19.1. The highest BCUT2D eigenvalue weighted by molar-refractivity contribution is 5.95. The maximum absolute atomic E-state index is 13.8. The Morgan fingerprint density at radius 1 is 1.06 bits per heavy atom. The number of fused-ring (bicyclic) bond motifs is 3. The highest BCUT2D eigenvalue weighted by atomic mass is 16.5. The van der Waals surface area contributed by atoms with Crippen LogP contribution in [0.15, 0.2) is 42.5 Å². The summed E-state index contributed by atoms with van der Waals surface area (Å²) >= 11 is 0. The summed E-state index contributed by atoms with van der Waals surface area (Å²) in [4.78, 5) is 15.7. The average Bonchev–Trinajstić information content (AvgIpc) is 3.54. The van der Waals surface area contributed by atoms with Crippen molar-refractivity contribution < 1.29 is 14.3 Å². The summed E-state index contributed by atoms with van der Waals surface area (Å²) in [5, 5.41) is 13.5. The van der Waals surface area contributed by atoms with E-state index in [0.717, 1.165) is 47.7 Å². The molecule has 1 amide bonds. The molecule has 0 atom stereocenters. The molecule has 1 aliphatic carbocycles. The lowest BCUT2D eigenvalue weighted by Gasteiger charge is -2.29. The van der Waals surface area contributed by atoms with Crippen molar-refractivity contribution >= 4 is 22.5 Å². The van der Waals surface area contributed by atoms with Crippen LogP contribution in [0, 0.1) is 6.92 Å². The van der Waals surface area contributed by atoms with Crippen molar-refractivity contribution in [3.63, 3.8) is 0 Å². The van der Waals surface area contributed by atoms with Gasteiger partial charge in [-0.1, -0.05) is 24.5 Å². The molecule has 2 aromatic carbocycles. The molecule has 5 rings (SSSR count). The van der Waals surface area contributed by atoms with Crippen LogP contribution in [0.1, 0.15) is 47.2 Å².